The van der Waals surface area contributed by atoms with E-state index in [0.29, 0.717) is 0 Å². The van der Waals surface area contributed by atoms with Crippen LogP contribution in [0.3, 0.4) is 0 Å². The number of halogens is 1. The van der Waals surface area contributed by atoms with E-state index in [0.717, 1.165) is 5.56 Å². The predicted molar refractivity (Wildman–Crippen MR) is 54.2 cm³/mol. The number of hydrogen-bond acceptors (Lipinski definition) is 2. The Kier molecular flexibility index (Phi) is 3.85. The highest BCUT2D eigenvalue weighted by Gasteiger charge is 2.03. The summed E-state index contributed by atoms with van der Waals surface area (Å²) in [5.74, 6) is 1.89. The van der Waals surface area contributed by atoms with E-state index in [4.69, 9.17) is 16.4 Å². The molecule has 0 N–H and O–H groups in total. The third kappa shape index (κ3) is 3.09. The summed E-state index contributed by atoms with van der Waals surface area (Å²) in [6.07, 6.45) is 4.84. The van der Waals surface area contributed by atoms with Crippen LogP contribution in [-0.4, -0.2) is 6.10 Å². The number of nitrogens with zero attached hydrogens (tertiary/aromatic N) is 1. The van der Waals surface area contributed by atoms with Crippen LogP contribution in [0.2, 0.25) is 0 Å². The first kappa shape index (κ1) is 11.2. The smallest absolute Gasteiger partial charge is 0.140 e. The van der Waals surface area contributed by atoms with Gasteiger partial charge in [0.1, 0.15) is 18.0 Å². The molecule has 0 radical (unpaired) electrons. The molecule has 0 aromatic heterocycles. The van der Waals surface area contributed by atoms with Crippen molar-refractivity contribution in [2.24, 2.45) is 0 Å². The Labute approximate surface area is 88.3 Å². The van der Waals surface area contributed by atoms with Crippen molar-refractivity contribution in [1.82, 2.24) is 0 Å². The SMILES string of the molecule is C#CC(C)OCc1ccc(F)c(C#N)c1. The molecule has 2 nitrogen and oxygen atoms in total. The van der Waals surface area contributed by atoms with Crippen molar-refractivity contribution in [3.63, 3.8) is 0 Å². The van der Waals surface area contributed by atoms with Gasteiger partial charge in [-0.05, 0) is 24.6 Å². The molecule has 0 aliphatic heterocycles. The lowest BCUT2D eigenvalue weighted by Gasteiger charge is -2.06. The fourth-order valence-corrected chi connectivity index (χ4v) is 1.02. The summed E-state index contributed by atoms with van der Waals surface area (Å²) in [5, 5.41) is 8.60. The van der Waals surface area contributed by atoms with Crippen LogP contribution in [0.15, 0.2) is 18.2 Å². The monoisotopic (exact) mass is 203 g/mol. The Morgan fingerprint density at radius 1 is 1.60 bits per heavy atom. The van der Waals surface area contributed by atoms with Gasteiger partial charge in [-0.1, -0.05) is 12.0 Å². The predicted octanol–water partition coefficient (Wildman–Crippen LogP) is 2.24. The largest absolute Gasteiger partial charge is 0.361 e. The second-order valence-electron chi connectivity index (χ2n) is 3.05. The van der Waals surface area contributed by atoms with Gasteiger partial charge in [0, 0.05) is 0 Å². The number of benzene rings is 1. The minimum absolute atomic E-state index is 0.0180. The highest BCUT2D eigenvalue weighted by atomic mass is 19.1. The maximum atomic E-state index is 12.9. The molecule has 3 heteroatoms. The standard InChI is InChI=1S/C12H10FNO/c1-3-9(2)15-8-10-4-5-12(13)11(6-10)7-14/h1,4-6,9H,8H2,2H3. The van der Waals surface area contributed by atoms with E-state index >= 15 is 0 Å². The van der Waals surface area contributed by atoms with Gasteiger partial charge in [0.15, 0.2) is 0 Å². The van der Waals surface area contributed by atoms with Crippen molar-refractivity contribution in [2.45, 2.75) is 19.6 Å². The van der Waals surface area contributed by atoms with Gasteiger partial charge in [-0.15, -0.1) is 6.42 Å². The molecule has 15 heavy (non-hydrogen) atoms. The maximum Gasteiger partial charge on any atom is 0.140 e. The molecule has 0 amide bonds. The summed E-state index contributed by atoms with van der Waals surface area (Å²) in [4.78, 5) is 0. The van der Waals surface area contributed by atoms with Crippen LogP contribution in [-0.2, 0) is 11.3 Å². The second kappa shape index (κ2) is 5.14. The van der Waals surface area contributed by atoms with Gasteiger partial charge >= 0.3 is 0 Å². The second-order valence-corrected chi connectivity index (χ2v) is 3.05. The van der Waals surface area contributed by atoms with Crippen molar-refractivity contribution < 1.29 is 9.13 Å². The van der Waals surface area contributed by atoms with Crippen molar-refractivity contribution in [1.29, 1.82) is 5.26 Å². The molecule has 0 heterocycles. The first-order valence-electron chi connectivity index (χ1n) is 4.43. The molecule has 1 unspecified atom stereocenters. The van der Waals surface area contributed by atoms with E-state index in [1.54, 1.807) is 19.1 Å². The Bertz CT molecular complexity index is 428. The lowest BCUT2D eigenvalue weighted by Crippen LogP contribution is -2.04. The third-order valence-corrected chi connectivity index (χ3v) is 1.89. The van der Waals surface area contributed by atoms with Gasteiger partial charge in [0.25, 0.3) is 0 Å². The van der Waals surface area contributed by atoms with Crippen LogP contribution >= 0.6 is 0 Å². The minimum atomic E-state index is -0.522. The molecule has 1 aromatic rings. The average Bonchev–Trinajstić information content (AvgIpc) is 2.27. The van der Waals surface area contributed by atoms with E-state index in [-0.39, 0.29) is 18.3 Å². The topological polar surface area (TPSA) is 33.0 Å². The van der Waals surface area contributed by atoms with Gasteiger partial charge < -0.3 is 4.74 Å². The van der Waals surface area contributed by atoms with E-state index in [1.165, 1.54) is 12.1 Å². The lowest BCUT2D eigenvalue weighted by molar-refractivity contribution is 0.0901. The lowest BCUT2D eigenvalue weighted by atomic mass is 10.1. The first-order valence-corrected chi connectivity index (χ1v) is 4.43. The quantitative estimate of drug-likeness (QED) is 0.706. The molecule has 1 atom stereocenters. The normalized spacial score (nSPS) is 11.5. The average molecular weight is 203 g/mol. The van der Waals surface area contributed by atoms with E-state index < -0.39 is 5.82 Å². The molecule has 0 aliphatic rings. The Morgan fingerprint density at radius 2 is 2.33 bits per heavy atom. The fourth-order valence-electron chi connectivity index (χ4n) is 1.02. The molecule has 0 fully saturated rings. The van der Waals surface area contributed by atoms with Crippen LogP contribution in [0.4, 0.5) is 4.39 Å². The zero-order valence-electron chi connectivity index (χ0n) is 8.33. The van der Waals surface area contributed by atoms with Crippen LogP contribution < -0.4 is 0 Å². The molecule has 0 saturated carbocycles. The maximum absolute atomic E-state index is 12.9. The Hall–Kier alpha value is -1.84. The van der Waals surface area contributed by atoms with Crippen LogP contribution in [0.25, 0.3) is 0 Å². The van der Waals surface area contributed by atoms with Crippen molar-refractivity contribution in [2.75, 3.05) is 0 Å². The molecule has 0 bridgehead atoms. The number of rotatable bonds is 3. The van der Waals surface area contributed by atoms with Crippen molar-refractivity contribution in [3.8, 4) is 18.4 Å². The third-order valence-electron chi connectivity index (χ3n) is 1.89. The molecule has 1 aromatic carbocycles. The van der Waals surface area contributed by atoms with Gasteiger partial charge in [-0.3, -0.25) is 0 Å². The molecular weight excluding hydrogens is 193 g/mol. The Balaban J connectivity index is 2.72. The zero-order valence-corrected chi connectivity index (χ0v) is 8.33. The fraction of sp³-hybridized carbons (Fsp3) is 0.250. The zero-order chi connectivity index (χ0) is 11.3. The first-order chi connectivity index (χ1) is 7.17. The van der Waals surface area contributed by atoms with Crippen LogP contribution in [0.1, 0.15) is 18.1 Å². The highest BCUT2D eigenvalue weighted by Crippen LogP contribution is 2.11. The van der Waals surface area contributed by atoms with E-state index in [2.05, 4.69) is 5.92 Å². The van der Waals surface area contributed by atoms with Gasteiger partial charge in [0.05, 0.1) is 12.2 Å². The molecule has 0 saturated heterocycles. The summed E-state index contributed by atoms with van der Waals surface area (Å²) in [7, 11) is 0. The Morgan fingerprint density at radius 3 is 2.93 bits per heavy atom. The number of hydrogen-bond donors (Lipinski definition) is 0. The molecule has 0 aliphatic carbocycles. The number of nitriles is 1. The summed E-state index contributed by atoms with van der Waals surface area (Å²) < 4.78 is 18.2. The minimum Gasteiger partial charge on any atom is -0.361 e. The molecule has 76 valence electrons. The van der Waals surface area contributed by atoms with E-state index in [1.807, 2.05) is 0 Å². The van der Waals surface area contributed by atoms with Crippen LogP contribution in [0.5, 0.6) is 0 Å². The summed E-state index contributed by atoms with van der Waals surface area (Å²) in [5.41, 5.74) is 0.750. The van der Waals surface area contributed by atoms with Gasteiger partial charge in [-0.25, -0.2) is 4.39 Å². The molecule has 0 spiro atoms. The van der Waals surface area contributed by atoms with Gasteiger partial charge in [0.2, 0.25) is 0 Å². The van der Waals surface area contributed by atoms with Crippen LogP contribution in [0, 0.1) is 29.5 Å². The summed E-state index contributed by atoms with van der Waals surface area (Å²) >= 11 is 0. The van der Waals surface area contributed by atoms with Gasteiger partial charge in [-0.2, -0.15) is 5.26 Å². The molecule has 1 rings (SSSR count). The summed E-state index contributed by atoms with van der Waals surface area (Å²) in [6, 6.07) is 6.04. The molecular formula is C12H10FNO. The number of ether oxygens (including phenoxy) is 1. The summed E-state index contributed by atoms with van der Waals surface area (Å²) in [6.45, 7) is 2.02. The van der Waals surface area contributed by atoms with Crippen molar-refractivity contribution >= 4 is 0 Å². The van der Waals surface area contributed by atoms with E-state index in [9.17, 15) is 4.39 Å². The van der Waals surface area contributed by atoms with Crippen molar-refractivity contribution in [3.05, 3.63) is 35.1 Å². The highest BCUT2D eigenvalue weighted by molar-refractivity contribution is 5.34. The number of terminal acetylenes is 1.